The van der Waals surface area contributed by atoms with Gasteiger partial charge in [-0.2, -0.15) is 0 Å². The number of halogens is 2. The summed E-state index contributed by atoms with van der Waals surface area (Å²) in [5.41, 5.74) is 12.4. The molecule has 6 nitrogen and oxygen atoms in total. The van der Waals surface area contributed by atoms with Gasteiger partial charge in [0, 0.05) is 48.6 Å². The fraction of sp³-hybridized carbons (Fsp3) is 0.609. The number of carbonyl (C=O) groups excluding carboxylic acids is 1. The van der Waals surface area contributed by atoms with Gasteiger partial charge >= 0.3 is 0 Å². The summed E-state index contributed by atoms with van der Waals surface area (Å²) < 4.78 is 9.62. The van der Waals surface area contributed by atoms with Gasteiger partial charge in [0.05, 0.1) is 16.0 Å². The highest BCUT2D eigenvalue weighted by molar-refractivity contribution is 7.98. The highest BCUT2D eigenvalue weighted by atomic mass is 35.5. The van der Waals surface area contributed by atoms with E-state index in [0.29, 0.717) is 35.5 Å². The van der Waals surface area contributed by atoms with Crippen LogP contribution in [0.1, 0.15) is 45.2 Å². The minimum Gasteiger partial charge on any atom is -0.489 e. The number of benzene rings is 1. The quantitative estimate of drug-likeness (QED) is 0.324. The van der Waals surface area contributed by atoms with E-state index in [4.69, 9.17) is 39.4 Å². The van der Waals surface area contributed by atoms with Gasteiger partial charge in [-0.1, -0.05) is 47.8 Å². The molecule has 1 aromatic rings. The lowest BCUT2D eigenvalue weighted by atomic mass is 9.85. The predicted molar refractivity (Wildman–Crippen MR) is 136 cm³/mol. The number of amides is 1. The molecule has 180 valence electrons. The second-order valence-corrected chi connectivity index (χ2v) is 11.5. The number of ether oxygens (including phenoxy) is 1. The lowest BCUT2D eigenvalue weighted by Gasteiger charge is -2.38. The average molecular weight is 504 g/mol. The summed E-state index contributed by atoms with van der Waals surface area (Å²) in [4.78, 5) is 14.6. The molecule has 5 N–H and O–H groups in total. The molecule has 1 atom stereocenters. The molecule has 1 aliphatic heterocycles. The Kier molecular flexibility index (Phi) is 10.6. The molecule has 1 saturated heterocycles. The summed E-state index contributed by atoms with van der Waals surface area (Å²) in [6, 6.07) is 3.63. The molecule has 0 spiro atoms. The molecule has 1 aromatic carbocycles. The summed E-state index contributed by atoms with van der Waals surface area (Å²) in [5.74, 6) is 0.708. The van der Waals surface area contributed by atoms with E-state index in [1.165, 1.54) is 0 Å². The van der Waals surface area contributed by atoms with Crippen molar-refractivity contribution >= 4 is 41.1 Å². The fourth-order valence-electron chi connectivity index (χ4n) is 3.72. The standard InChI is InChI=1S/C23H36Cl2N4O2S/c1-5-10-31-20-12-19(25)18(24)11-17(20)21(28-32-23(2,3)4)15-6-8-29(9-7-15)22(30)16(13-26)14-27/h5,11-12,15-16,21,28H,1,6-10,13-14,26-27H2,2-4H3. The van der Waals surface area contributed by atoms with Gasteiger partial charge in [0.1, 0.15) is 12.4 Å². The molecule has 1 heterocycles. The highest BCUT2D eigenvalue weighted by Gasteiger charge is 2.33. The maximum Gasteiger partial charge on any atom is 0.228 e. The number of nitrogens with two attached hydrogens (primary N) is 2. The summed E-state index contributed by atoms with van der Waals surface area (Å²) in [7, 11) is 0. The molecule has 0 radical (unpaired) electrons. The molecule has 1 amide bonds. The van der Waals surface area contributed by atoms with E-state index < -0.39 is 0 Å². The van der Waals surface area contributed by atoms with Gasteiger partial charge in [-0.15, -0.1) is 0 Å². The Morgan fingerprint density at radius 1 is 1.28 bits per heavy atom. The average Bonchev–Trinajstić information content (AvgIpc) is 2.75. The van der Waals surface area contributed by atoms with Gasteiger partial charge in [0.2, 0.25) is 5.91 Å². The number of piperidine rings is 1. The van der Waals surface area contributed by atoms with Crippen LogP contribution in [-0.2, 0) is 4.79 Å². The van der Waals surface area contributed by atoms with E-state index in [2.05, 4.69) is 32.1 Å². The first kappa shape index (κ1) is 27.3. The first-order chi connectivity index (χ1) is 15.1. The summed E-state index contributed by atoms with van der Waals surface area (Å²) in [6.07, 6.45) is 3.39. The molecule has 1 fully saturated rings. The van der Waals surface area contributed by atoms with Crippen molar-refractivity contribution in [3.8, 4) is 5.75 Å². The number of hydrogen-bond donors (Lipinski definition) is 3. The Bertz CT molecular complexity index is 776. The van der Waals surface area contributed by atoms with Gasteiger partial charge in [0.25, 0.3) is 0 Å². The minimum absolute atomic E-state index is 0.0166. The summed E-state index contributed by atoms with van der Waals surface area (Å²) >= 11 is 14.4. The Balaban J connectivity index is 2.28. The van der Waals surface area contributed by atoms with Crippen LogP contribution in [0.25, 0.3) is 0 Å². The lowest BCUT2D eigenvalue weighted by Crippen LogP contribution is -2.47. The van der Waals surface area contributed by atoms with Crippen LogP contribution in [0.15, 0.2) is 24.8 Å². The van der Waals surface area contributed by atoms with Crippen molar-refractivity contribution < 1.29 is 9.53 Å². The predicted octanol–water partition coefficient (Wildman–Crippen LogP) is 4.41. The molecule has 0 saturated carbocycles. The molecule has 32 heavy (non-hydrogen) atoms. The van der Waals surface area contributed by atoms with Crippen molar-refractivity contribution in [1.29, 1.82) is 0 Å². The third kappa shape index (κ3) is 7.54. The van der Waals surface area contributed by atoms with E-state index in [-0.39, 0.29) is 41.6 Å². The van der Waals surface area contributed by atoms with Crippen LogP contribution in [0.2, 0.25) is 10.0 Å². The topological polar surface area (TPSA) is 93.6 Å². The van der Waals surface area contributed by atoms with Crippen LogP contribution < -0.4 is 20.9 Å². The van der Waals surface area contributed by atoms with Crippen LogP contribution in [0.3, 0.4) is 0 Å². The molecule has 0 aromatic heterocycles. The van der Waals surface area contributed by atoms with Crippen molar-refractivity contribution in [3.05, 3.63) is 40.4 Å². The molecule has 9 heteroatoms. The maximum absolute atomic E-state index is 12.7. The molecule has 0 bridgehead atoms. The zero-order valence-electron chi connectivity index (χ0n) is 19.2. The van der Waals surface area contributed by atoms with Crippen molar-refractivity contribution in [2.75, 3.05) is 32.8 Å². The molecular formula is C23H36Cl2N4O2S. The first-order valence-corrected chi connectivity index (χ1v) is 12.5. The molecule has 2 rings (SSSR count). The Hall–Kier alpha value is -0.960. The number of likely N-dealkylation sites (tertiary alicyclic amines) is 1. The molecule has 1 unspecified atom stereocenters. The van der Waals surface area contributed by atoms with E-state index >= 15 is 0 Å². The smallest absolute Gasteiger partial charge is 0.228 e. The van der Waals surface area contributed by atoms with Gasteiger partial charge in [-0.3, -0.25) is 9.52 Å². The van der Waals surface area contributed by atoms with Crippen LogP contribution in [0, 0.1) is 11.8 Å². The largest absolute Gasteiger partial charge is 0.489 e. The second kappa shape index (κ2) is 12.5. The number of rotatable bonds is 10. The van der Waals surface area contributed by atoms with E-state index in [9.17, 15) is 4.79 Å². The maximum atomic E-state index is 12.7. The first-order valence-electron chi connectivity index (χ1n) is 11.0. The van der Waals surface area contributed by atoms with Crippen LogP contribution in [-0.4, -0.2) is 48.3 Å². The lowest BCUT2D eigenvalue weighted by molar-refractivity contribution is -0.136. The Labute approximate surface area is 206 Å². The number of hydrogen-bond acceptors (Lipinski definition) is 6. The third-order valence-corrected chi connectivity index (χ3v) is 7.18. The van der Waals surface area contributed by atoms with Crippen LogP contribution in [0.4, 0.5) is 0 Å². The van der Waals surface area contributed by atoms with Crippen LogP contribution in [0.5, 0.6) is 5.75 Å². The second-order valence-electron chi connectivity index (χ2n) is 9.04. The monoisotopic (exact) mass is 502 g/mol. The number of nitrogens with one attached hydrogen (secondary N) is 1. The minimum atomic E-state index is -0.314. The Morgan fingerprint density at radius 3 is 2.41 bits per heavy atom. The highest BCUT2D eigenvalue weighted by Crippen LogP contribution is 2.41. The Morgan fingerprint density at radius 2 is 1.88 bits per heavy atom. The summed E-state index contributed by atoms with van der Waals surface area (Å²) in [6.45, 7) is 12.5. The van der Waals surface area contributed by atoms with Gasteiger partial charge < -0.3 is 21.1 Å². The SMILES string of the molecule is C=CCOc1cc(Cl)c(Cl)cc1C(NSC(C)(C)C)C1CCN(C(=O)C(CN)CN)CC1. The van der Waals surface area contributed by atoms with E-state index in [1.807, 2.05) is 11.0 Å². The third-order valence-electron chi connectivity index (χ3n) is 5.48. The number of carbonyl (C=O) groups is 1. The molecule has 0 aliphatic carbocycles. The van der Waals surface area contributed by atoms with Crippen molar-refractivity contribution in [1.82, 2.24) is 9.62 Å². The van der Waals surface area contributed by atoms with Crippen LogP contribution >= 0.6 is 35.1 Å². The van der Waals surface area contributed by atoms with Crippen molar-refractivity contribution in [2.45, 2.75) is 44.4 Å². The fourth-order valence-corrected chi connectivity index (χ4v) is 4.85. The van der Waals surface area contributed by atoms with Gasteiger partial charge in [-0.25, -0.2) is 0 Å². The van der Waals surface area contributed by atoms with Gasteiger partial charge in [0.15, 0.2) is 0 Å². The zero-order valence-corrected chi connectivity index (χ0v) is 21.5. The van der Waals surface area contributed by atoms with Gasteiger partial charge in [-0.05, 0) is 45.6 Å². The van der Waals surface area contributed by atoms with E-state index in [0.717, 1.165) is 18.4 Å². The molecular weight excluding hydrogens is 467 g/mol. The zero-order chi connectivity index (χ0) is 23.9. The molecule has 1 aliphatic rings. The number of nitrogens with zero attached hydrogens (tertiary/aromatic N) is 1. The summed E-state index contributed by atoms with van der Waals surface area (Å²) in [5, 5.41) is 0.938. The van der Waals surface area contributed by atoms with Crippen molar-refractivity contribution in [3.63, 3.8) is 0 Å². The van der Waals surface area contributed by atoms with Crippen molar-refractivity contribution in [2.24, 2.45) is 23.3 Å². The van der Waals surface area contributed by atoms with E-state index in [1.54, 1.807) is 24.1 Å². The normalized spacial score (nSPS) is 16.3.